The molecule has 122 valence electrons. The summed E-state index contributed by atoms with van der Waals surface area (Å²) in [7, 11) is 0. The molecule has 1 aromatic carbocycles. The summed E-state index contributed by atoms with van der Waals surface area (Å²) in [5.74, 6) is -0.700. The van der Waals surface area contributed by atoms with E-state index in [4.69, 9.17) is 0 Å². The number of benzene rings is 1. The fraction of sp³-hybridized carbons (Fsp3) is 0.286. The van der Waals surface area contributed by atoms with E-state index >= 15 is 0 Å². The highest BCUT2D eigenvalue weighted by molar-refractivity contribution is 7.99. The number of carbonyl (C=O) groups excluding carboxylic acids is 2. The van der Waals surface area contributed by atoms with Crippen LogP contribution in [-0.2, 0) is 22.6 Å². The Morgan fingerprint density at radius 1 is 1.26 bits per heavy atom. The fourth-order valence-electron chi connectivity index (χ4n) is 1.82. The Labute approximate surface area is 136 Å². The maximum absolute atomic E-state index is 11.8. The number of nitrogens with zero attached hydrogens (tertiary/aromatic N) is 2. The van der Waals surface area contributed by atoms with Crippen molar-refractivity contribution in [2.75, 3.05) is 5.75 Å². The molecule has 2 rings (SSSR count). The summed E-state index contributed by atoms with van der Waals surface area (Å²) in [5, 5.41) is 6.73. The third-order valence-electron chi connectivity index (χ3n) is 2.90. The molecule has 0 bridgehead atoms. The van der Waals surface area contributed by atoms with Crippen molar-refractivity contribution in [3.05, 3.63) is 46.4 Å². The standard InChI is InChI=1S/C14H17N5O3S/c1-10(20)15-16-12(21)9-23-14-18-17-13(22)19(14)8-7-11-5-3-2-4-6-11/h2-6H,7-9H2,1H3,(H,15,20)(H,16,21)(H,17,22). The summed E-state index contributed by atoms with van der Waals surface area (Å²) in [6.45, 7) is 1.76. The van der Waals surface area contributed by atoms with E-state index in [1.54, 1.807) is 0 Å². The first-order chi connectivity index (χ1) is 11.1. The summed E-state index contributed by atoms with van der Waals surface area (Å²) < 4.78 is 1.49. The molecule has 0 saturated carbocycles. The van der Waals surface area contributed by atoms with E-state index in [9.17, 15) is 14.4 Å². The summed E-state index contributed by atoms with van der Waals surface area (Å²) in [4.78, 5) is 34.0. The molecule has 1 aromatic heterocycles. The average Bonchev–Trinajstić information content (AvgIpc) is 2.90. The van der Waals surface area contributed by atoms with Gasteiger partial charge >= 0.3 is 5.69 Å². The van der Waals surface area contributed by atoms with E-state index < -0.39 is 0 Å². The highest BCUT2D eigenvalue weighted by Gasteiger charge is 2.11. The highest BCUT2D eigenvalue weighted by Crippen LogP contribution is 2.13. The number of carbonyl (C=O) groups is 2. The Morgan fingerprint density at radius 3 is 2.70 bits per heavy atom. The van der Waals surface area contributed by atoms with Crippen molar-refractivity contribution in [2.24, 2.45) is 0 Å². The molecule has 0 aliphatic rings. The molecule has 1 heterocycles. The van der Waals surface area contributed by atoms with Gasteiger partial charge in [-0.3, -0.25) is 25.0 Å². The van der Waals surface area contributed by atoms with Gasteiger partial charge in [-0.1, -0.05) is 42.1 Å². The smallest absolute Gasteiger partial charge is 0.274 e. The van der Waals surface area contributed by atoms with Gasteiger partial charge in [0.15, 0.2) is 5.16 Å². The van der Waals surface area contributed by atoms with Crippen molar-refractivity contribution < 1.29 is 9.59 Å². The number of nitrogens with one attached hydrogen (secondary N) is 3. The molecule has 9 heteroatoms. The van der Waals surface area contributed by atoms with Crippen molar-refractivity contribution in [1.82, 2.24) is 25.6 Å². The Morgan fingerprint density at radius 2 is 2.00 bits per heavy atom. The summed E-state index contributed by atoms with van der Waals surface area (Å²) in [5.41, 5.74) is 5.25. The Hall–Kier alpha value is -2.55. The number of hydrogen-bond acceptors (Lipinski definition) is 5. The lowest BCUT2D eigenvalue weighted by Crippen LogP contribution is -2.41. The molecular weight excluding hydrogens is 318 g/mol. The van der Waals surface area contributed by atoms with Gasteiger partial charge in [0.05, 0.1) is 5.75 Å². The highest BCUT2D eigenvalue weighted by atomic mass is 32.2. The van der Waals surface area contributed by atoms with Gasteiger partial charge in [-0.2, -0.15) is 0 Å². The van der Waals surface area contributed by atoms with E-state index in [1.807, 2.05) is 30.3 Å². The maximum atomic E-state index is 11.8. The predicted molar refractivity (Wildman–Crippen MR) is 85.7 cm³/mol. The first kappa shape index (κ1) is 16.8. The SMILES string of the molecule is CC(=O)NNC(=O)CSc1n[nH]c(=O)n1CCc1ccccc1. The van der Waals surface area contributed by atoms with Crippen LogP contribution in [0.25, 0.3) is 0 Å². The third-order valence-corrected chi connectivity index (χ3v) is 3.88. The van der Waals surface area contributed by atoms with Gasteiger partial charge < -0.3 is 0 Å². The Kier molecular flexibility index (Phi) is 5.98. The van der Waals surface area contributed by atoms with Crippen LogP contribution in [0.5, 0.6) is 0 Å². The number of aromatic amines is 1. The fourth-order valence-corrected chi connectivity index (χ4v) is 2.59. The van der Waals surface area contributed by atoms with Gasteiger partial charge in [0.2, 0.25) is 11.8 Å². The molecule has 0 spiro atoms. The molecule has 0 radical (unpaired) electrons. The van der Waals surface area contributed by atoms with Crippen LogP contribution in [0.1, 0.15) is 12.5 Å². The van der Waals surface area contributed by atoms with Crippen molar-refractivity contribution in [1.29, 1.82) is 0 Å². The number of hydrogen-bond donors (Lipinski definition) is 3. The van der Waals surface area contributed by atoms with Crippen LogP contribution in [0.2, 0.25) is 0 Å². The lowest BCUT2D eigenvalue weighted by Gasteiger charge is -2.06. The minimum Gasteiger partial charge on any atom is -0.274 e. The summed E-state index contributed by atoms with van der Waals surface area (Å²) >= 11 is 1.12. The maximum Gasteiger partial charge on any atom is 0.343 e. The second-order valence-electron chi connectivity index (χ2n) is 4.72. The lowest BCUT2D eigenvalue weighted by atomic mass is 10.1. The number of H-pyrrole nitrogens is 1. The second kappa shape index (κ2) is 8.18. The van der Waals surface area contributed by atoms with E-state index in [0.717, 1.165) is 17.3 Å². The topological polar surface area (TPSA) is 109 Å². The van der Waals surface area contributed by atoms with Gasteiger partial charge in [-0.25, -0.2) is 9.89 Å². The monoisotopic (exact) mass is 335 g/mol. The first-order valence-corrected chi connectivity index (χ1v) is 7.92. The van der Waals surface area contributed by atoms with Gasteiger partial charge in [-0.15, -0.1) is 5.10 Å². The molecule has 23 heavy (non-hydrogen) atoms. The third kappa shape index (κ3) is 5.29. The second-order valence-corrected chi connectivity index (χ2v) is 5.66. The average molecular weight is 335 g/mol. The van der Waals surface area contributed by atoms with Crippen molar-refractivity contribution >= 4 is 23.6 Å². The molecule has 0 fully saturated rings. The Balaban J connectivity index is 1.92. The molecular formula is C14H17N5O3S. The molecule has 0 saturated heterocycles. The van der Waals surface area contributed by atoms with Crippen LogP contribution >= 0.6 is 11.8 Å². The van der Waals surface area contributed by atoms with Gasteiger partial charge in [-0.05, 0) is 12.0 Å². The molecule has 8 nitrogen and oxygen atoms in total. The summed E-state index contributed by atoms with van der Waals surface area (Å²) in [6, 6.07) is 9.78. The zero-order chi connectivity index (χ0) is 16.7. The number of hydrazine groups is 1. The van der Waals surface area contributed by atoms with Crippen LogP contribution in [0.15, 0.2) is 40.3 Å². The van der Waals surface area contributed by atoms with Crippen molar-refractivity contribution in [3.63, 3.8) is 0 Å². The molecule has 0 aliphatic carbocycles. The molecule has 0 unspecified atom stereocenters. The summed E-state index contributed by atoms with van der Waals surface area (Å²) in [6.07, 6.45) is 0.686. The first-order valence-electron chi connectivity index (χ1n) is 6.93. The van der Waals surface area contributed by atoms with Crippen LogP contribution in [0.4, 0.5) is 0 Å². The van der Waals surface area contributed by atoms with Gasteiger partial charge in [0.1, 0.15) is 0 Å². The number of rotatable bonds is 6. The number of aromatic nitrogens is 3. The van der Waals surface area contributed by atoms with Crippen LogP contribution in [0.3, 0.4) is 0 Å². The van der Waals surface area contributed by atoms with Crippen molar-refractivity contribution in [3.8, 4) is 0 Å². The minimum absolute atomic E-state index is 0.0376. The zero-order valence-electron chi connectivity index (χ0n) is 12.5. The van der Waals surface area contributed by atoms with E-state index in [2.05, 4.69) is 21.0 Å². The molecule has 0 aliphatic heterocycles. The van der Waals surface area contributed by atoms with Crippen molar-refractivity contribution in [2.45, 2.75) is 25.0 Å². The van der Waals surface area contributed by atoms with E-state index in [1.165, 1.54) is 11.5 Å². The number of aryl methyl sites for hydroxylation is 1. The van der Waals surface area contributed by atoms with E-state index in [0.29, 0.717) is 18.1 Å². The zero-order valence-corrected chi connectivity index (χ0v) is 13.4. The quantitative estimate of drug-likeness (QED) is 0.511. The van der Waals surface area contributed by atoms with Gasteiger partial charge in [0.25, 0.3) is 0 Å². The predicted octanol–water partition coefficient (Wildman–Crippen LogP) is 0.0735. The number of amides is 2. The number of thioether (sulfide) groups is 1. The molecule has 2 aromatic rings. The molecule has 0 atom stereocenters. The van der Waals surface area contributed by atoms with Crippen LogP contribution in [-0.4, -0.2) is 32.3 Å². The largest absolute Gasteiger partial charge is 0.343 e. The molecule has 3 N–H and O–H groups in total. The Bertz CT molecular complexity index is 726. The lowest BCUT2D eigenvalue weighted by molar-refractivity contribution is -0.126. The van der Waals surface area contributed by atoms with Gasteiger partial charge in [0, 0.05) is 13.5 Å². The van der Waals surface area contributed by atoms with Crippen LogP contribution < -0.4 is 16.5 Å². The van der Waals surface area contributed by atoms with Crippen LogP contribution in [0, 0.1) is 0 Å². The normalized spacial score (nSPS) is 10.3. The minimum atomic E-state index is -0.379. The van der Waals surface area contributed by atoms with E-state index in [-0.39, 0.29) is 23.3 Å². The molecule has 2 amide bonds.